The summed E-state index contributed by atoms with van der Waals surface area (Å²) in [5.74, 6) is 3.15. The first-order valence-corrected chi connectivity index (χ1v) is 41.2. The van der Waals surface area contributed by atoms with Crippen molar-refractivity contribution in [1.82, 2.24) is 60.6 Å². The molecule has 5 saturated heterocycles. The van der Waals surface area contributed by atoms with Crippen LogP contribution in [0.1, 0.15) is 159 Å². The predicted octanol–water partition coefficient (Wildman–Crippen LogP) is 17.5. The van der Waals surface area contributed by atoms with Crippen molar-refractivity contribution in [2.24, 2.45) is 0 Å². The summed E-state index contributed by atoms with van der Waals surface area (Å²) in [7, 11) is 1.84. The highest BCUT2D eigenvalue weighted by Gasteiger charge is 2.29. The summed E-state index contributed by atoms with van der Waals surface area (Å²) >= 11 is 41.6. The van der Waals surface area contributed by atoms with Gasteiger partial charge in [0.2, 0.25) is 17.7 Å². The van der Waals surface area contributed by atoms with Crippen molar-refractivity contribution in [3.8, 4) is 0 Å². The van der Waals surface area contributed by atoms with Gasteiger partial charge < -0.3 is 31.1 Å². The number of aromatic nitrogens is 6. The average molecular weight is 1570 g/mol. The summed E-state index contributed by atoms with van der Waals surface area (Å²) in [5, 5.41) is 18.7. The molecule has 5 aliphatic rings. The van der Waals surface area contributed by atoms with Gasteiger partial charge in [-0.2, -0.15) is 0 Å². The summed E-state index contributed by atoms with van der Waals surface area (Å²) in [6, 6.07) is 31.0. The Morgan fingerprint density at radius 1 is 0.398 bits per heavy atom. The van der Waals surface area contributed by atoms with Crippen LogP contribution in [0, 0.1) is 0 Å². The highest BCUT2D eigenvalue weighted by Crippen LogP contribution is 2.39. The van der Waals surface area contributed by atoms with Crippen LogP contribution in [0.4, 0.5) is 17.5 Å². The molecule has 4 N–H and O–H groups in total. The molecule has 3 atom stereocenters. The first-order chi connectivity index (χ1) is 50.2. The number of hydrogen-bond acceptors (Lipinski definition) is 18. The van der Waals surface area contributed by atoms with Crippen molar-refractivity contribution in [3.63, 3.8) is 0 Å². The van der Waals surface area contributed by atoms with Crippen LogP contribution >= 0.6 is 104 Å². The Bertz CT molecular complexity index is 4320. The molecule has 6 aromatic heterocycles. The van der Waals surface area contributed by atoms with Gasteiger partial charge in [-0.15, -0.1) is 0 Å². The van der Waals surface area contributed by atoms with E-state index in [1.807, 2.05) is 55.6 Å². The van der Waals surface area contributed by atoms with Crippen molar-refractivity contribution >= 4 is 170 Å². The van der Waals surface area contributed by atoms with E-state index in [1.54, 1.807) is 34.0 Å². The average Bonchev–Trinajstić information content (AvgIpc) is 1.62. The highest BCUT2D eigenvalue weighted by atomic mass is 35.5. The number of amides is 3. The zero-order chi connectivity index (χ0) is 71.6. The van der Waals surface area contributed by atoms with E-state index in [9.17, 15) is 14.4 Å². The number of likely N-dealkylation sites (tertiary alicyclic amines) is 3. The molecule has 0 saturated carbocycles. The molecule has 3 amide bonds. The zero-order valence-electron chi connectivity index (χ0n) is 58.4. The Labute approximate surface area is 646 Å². The maximum Gasteiger partial charge on any atom is 0.220 e. The number of fused-ring (bicyclic) bond motifs is 3. The van der Waals surface area contributed by atoms with E-state index in [4.69, 9.17) is 84.6 Å². The summed E-state index contributed by atoms with van der Waals surface area (Å²) in [5.41, 5.74) is 6.39. The van der Waals surface area contributed by atoms with Crippen LogP contribution in [0.2, 0.25) is 30.1 Å². The van der Waals surface area contributed by atoms with E-state index < -0.39 is 0 Å². The van der Waals surface area contributed by atoms with Gasteiger partial charge in [0.25, 0.3) is 0 Å². The standard InChI is InChI=1S/C27H33Cl2N5OS.C26H31Cl2N5OS.C23H27Cl2N5OS/c28-20-8-7-19(18-21(20)29)23-6-4-16-33(23)17-5-13-30-25(35)11-12-26-31-22-9-10-24(32-27(22)36-26)34-14-2-1-3-15-34;27-19-7-6-18(17-20(19)28)22-5-3-15-32(22)16-4-12-29-24(34)10-11-25-30-21-8-9-23(31-26(21)35-25)33-13-1-2-14-33;1-26-20-8-7-18-23(29-20)32-22(28-18)10-9-21(31)27-11-3-13-30-12-2-4-19(30)15-5-6-16(24)17(25)14-15/h7-10,18,23H,1-6,11-17H2,(H,30,35);6-9,17,22H,1-5,10-16H2,(H,29,34);5-8,14,19H,2-4,9-13H2,1H3,(H,26,29)(H,27,31). The lowest BCUT2D eigenvalue weighted by atomic mass is 10.0. The number of nitrogens with zero attached hydrogens (tertiary/aromatic N) is 11. The molecule has 9 aromatic rings. The number of anilines is 3. The van der Waals surface area contributed by atoms with E-state index in [-0.39, 0.29) is 17.7 Å². The minimum absolute atomic E-state index is 0.0654. The SMILES string of the molecule is CNc1ccc2nc(CCC(=O)NCCCN3CCCC3c3ccc(Cl)c(Cl)c3)sc2n1.O=C(CCc1nc2ccc(N3CCCC3)nc2s1)NCCCN1CCCC1c1ccc(Cl)c(Cl)c1.O=C(CCc1nc2ccc(N3CCCCC3)nc2s1)NCCCN1CCCC1c1ccc(Cl)c(Cl)c1. The molecule has 3 aromatic carbocycles. The summed E-state index contributed by atoms with van der Waals surface area (Å²) < 4.78 is 0. The van der Waals surface area contributed by atoms with Gasteiger partial charge >= 0.3 is 0 Å². The Balaban J connectivity index is 0.000000146. The smallest absolute Gasteiger partial charge is 0.220 e. The Morgan fingerprint density at radius 2 is 0.738 bits per heavy atom. The van der Waals surface area contributed by atoms with Crippen molar-refractivity contribution < 1.29 is 14.4 Å². The van der Waals surface area contributed by atoms with Gasteiger partial charge in [0, 0.05) is 129 Å². The normalized spacial score (nSPS) is 18.0. The van der Waals surface area contributed by atoms with Crippen LogP contribution in [-0.2, 0) is 33.6 Å². The number of pyridine rings is 3. The quantitative estimate of drug-likeness (QED) is 0.0355. The molecule has 5 aliphatic heterocycles. The first kappa shape index (κ1) is 76.8. The summed E-state index contributed by atoms with van der Waals surface area (Å²) in [6.07, 6.45) is 19.2. The Morgan fingerprint density at radius 3 is 1.09 bits per heavy atom. The fraction of sp³-hybridized carbons (Fsp3) is 0.487. The zero-order valence-corrected chi connectivity index (χ0v) is 65.3. The molecular weight excluding hydrogens is 1480 g/mol. The number of thiazole rings is 3. The summed E-state index contributed by atoms with van der Waals surface area (Å²) in [4.78, 5) is 80.2. The van der Waals surface area contributed by atoms with Crippen molar-refractivity contribution in [2.45, 2.75) is 147 Å². The number of rotatable bonds is 27. The minimum Gasteiger partial charge on any atom is -0.373 e. The van der Waals surface area contributed by atoms with Crippen LogP contribution in [0.3, 0.4) is 0 Å². The lowest BCUT2D eigenvalue weighted by Crippen LogP contribution is -2.30. The number of carbonyl (C=O) groups is 3. The van der Waals surface area contributed by atoms with E-state index in [2.05, 4.69) is 103 Å². The monoisotopic (exact) mass is 1570 g/mol. The number of benzene rings is 3. The third-order valence-electron chi connectivity index (χ3n) is 19.8. The van der Waals surface area contributed by atoms with Gasteiger partial charge in [-0.1, -0.05) is 122 Å². The van der Waals surface area contributed by atoms with Crippen molar-refractivity contribution in [3.05, 3.63) is 153 Å². The molecular formula is C76H91Cl6N15O3S3. The van der Waals surface area contributed by atoms with Crippen molar-refractivity contribution in [2.75, 3.05) is 107 Å². The fourth-order valence-electron chi connectivity index (χ4n) is 14.5. The third-order valence-corrected chi connectivity index (χ3v) is 25.1. The molecule has 0 spiro atoms. The third kappa shape index (κ3) is 21.5. The lowest BCUT2D eigenvalue weighted by molar-refractivity contribution is -0.121. The largest absolute Gasteiger partial charge is 0.373 e. The molecule has 5 fully saturated rings. The first-order valence-electron chi connectivity index (χ1n) is 36.5. The molecule has 548 valence electrons. The van der Waals surface area contributed by atoms with E-state index in [0.717, 1.165) is 167 Å². The maximum atomic E-state index is 12.4. The molecule has 14 rings (SSSR count). The van der Waals surface area contributed by atoms with Gasteiger partial charge in [0.15, 0.2) is 0 Å². The van der Waals surface area contributed by atoms with Gasteiger partial charge in [-0.3, -0.25) is 29.1 Å². The predicted molar refractivity (Wildman–Crippen MR) is 427 cm³/mol. The van der Waals surface area contributed by atoms with Gasteiger partial charge in [-0.25, -0.2) is 29.9 Å². The van der Waals surface area contributed by atoms with E-state index in [0.29, 0.717) is 106 Å². The number of nitrogens with one attached hydrogen (secondary N) is 4. The summed E-state index contributed by atoms with van der Waals surface area (Å²) in [6.45, 7) is 12.4. The van der Waals surface area contributed by atoms with Crippen LogP contribution in [0.25, 0.3) is 31.0 Å². The van der Waals surface area contributed by atoms with Gasteiger partial charge in [-0.05, 0) is 199 Å². The second-order valence-corrected chi connectivity index (χ2v) is 32.7. The molecule has 27 heteroatoms. The molecule has 0 radical (unpaired) electrons. The fourth-order valence-corrected chi connectivity index (χ4v) is 18.2. The molecule has 11 heterocycles. The molecule has 103 heavy (non-hydrogen) atoms. The van der Waals surface area contributed by atoms with Crippen molar-refractivity contribution in [1.29, 1.82) is 0 Å². The van der Waals surface area contributed by atoms with Gasteiger partial charge in [0.05, 0.1) is 45.2 Å². The number of carbonyl (C=O) groups excluding carboxylic acids is 3. The maximum absolute atomic E-state index is 12.4. The van der Waals surface area contributed by atoms with Crippen LogP contribution in [0.15, 0.2) is 91.0 Å². The molecule has 0 aliphatic carbocycles. The minimum atomic E-state index is 0.0654. The van der Waals surface area contributed by atoms with E-state index in [1.165, 1.54) is 68.1 Å². The molecule has 3 unspecified atom stereocenters. The van der Waals surface area contributed by atoms with Crippen LogP contribution < -0.4 is 31.1 Å². The van der Waals surface area contributed by atoms with Crippen LogP contribution in [-0.4, -0.2) is 154 Å². The number of hydrogen-bond donors (Lipinski definition) is 4. The number of halogens is 6. The topological polar surface area (TPSA) is 193 Å². The van der Waals surface area contributed by atoms with Crippen LogP contribution in [0.5, 0.6) is 0 Å². The second-order valence-electron chi connectivity index (χ2n) is 27.0. The highest BCUT2D eigenvalue weighted by molar-refractivity contribution is 7.18. The Kier molecular flexibility index (Phi) is 28.5. The van der Waals surface area contributed by atoms with E-state index >= 15 is 0 Å². The van der Waals surface area contributed by atoms with Gasteiger partial charge in [0.1, 0.15) is 48.5 Å². The molecule has 0 bridgehead atoms. The molecule has 18 nitrogen and oxygen atoms in total. The number of piperidine rings is 1. The Hall–Kier alpha value is -5.79. The second kappa shape index (κ2) is 38.1. The number of aryl methyl sites for hydroxylation is 3. The lowest BCUT2D eigenvalue weighted by Gasteiger charge is -2.27.